The van der Waals surface area contributed by atoms with Crippen LogP contribution in [0.15, 0.2) is 18.3 Å². The van der Waals surface area contributed by atoms with Gasteiger partial charge >= 0.3 is 0 Å². The molecule has 0 atom stereocenters. The van der Waals surface area contributed by atoms with Gasteiger partial charge in [-0.25, -0.2) is 14.4 Å². The molecule has 1 heterocycles. The van der Waals surface area contributed by atoms with Gasteiger partial charge in [-0.15, -0.1) is 0 Å². The van der Waals surface area contributed by atoms with Gasteiger partial charge < -0.3 is 0 Å². The molecule has 1 aromatic carbocycles. The van der Waals surface area contributed by atoms with Crippen molar-refractivity contribution in [1.29, 1.82) is 0 Å². The molecular weight excluding hydrogens is 214 g/mol. The summed E-state index contributed by atoms with van der Waals surface area (Å²) >= 11 is 11.3. The van der Waals surface area contributed by atoms with E-state index in [2.05, 4.69) is 9.97 Å². The molecule has 2 rings (SSSR count). The quantitative estimate of drug-likeness (QED) is 0.677. The van der Waals surface area contributed by atoms with Crippen LogP contribution in [0, 0.1) is 5.82 Å². The first-order valence-electron chi connectivity index (χ1n) is 3.45. The summed E-state index contributed by atoms with van der Waals surface area (Å²) in [6.07, 6.45) is 1.33. The van der Waals surface area contributed by atoms with Crippen molar-refractivity contribution in [1.82, 2.24) is 9.97 Å². The lowest BCUT2D eigenvalue weighted by atomic mass is 10.3. The van der Waals surface area contributed by atoms with Crippen molar-refractivity contribution in [3.63, 3.8) is 0 Å². The number of rotatable bonds is 0. The SMILES string of the molecule is Fc1ccc2nc(Cl)cnc2c1Cl. The molecule has 0 spiro atoms. The van der Waals surface area contributed by atoms with Crippen LogP contribution in [-0.4, -0.2) is 9.97 Å². The predicted octanol–water partition coefficient (Wildman–Crippen LogP) is 3.08. The number of halogens is 3. The first-order chi connectivity index (χ1) is 6.18. The van der Waals surface area contributed by atoms with Crippen molar-refractivity contribution >= 4 is 34.2 Å². The molecule has 0 amide bonds. The maximum atomic E-state index is 12.9. The molecule has 1 aromatic heterocycles. The Morgan fingerprint density at radius 3 is 2.77 bits per heavy atom. The predicted molar refractivity (Wildman–Crippen MR) is 49.5 cm³/mol. The van der Waals surface area contributed by atoms with Gasteiger partial charge in [0.1, 0.15) is 21.5 Å². The summed E-state index contributed by atoms with van der Waals surface area (Å²) in [7, 11) is 0. The lowest BCUT2D eigenvalue weighted by Gasteiger charge is -1.99. The lowest BCUT2D eigenvalue weighted by molar-refractivity contribution is 0.629. The average molecular weight is 217 g/mol. The lowest BCUT2D eigenvalue weighted by Crippen LogP contribution is -1.87. The van der Waals surface area contributed by atoms with E-state index in [0.717, 1.165) is 0 Å². The molecule has 0 aliphatic heterocycles. The van der Waals surface area contributed by atoms with Crippen LogP contribution in [-0.2, 0) is 0 Å². The fraction of sp³-hybridized carbons (Fsp3) is 0. The monoisotopic (exact) mass is 216 g/mol. The smallest absolute Gasteiger partial charge is 0.148 e. The minimum absolute atomic E-state index is 0.0262. The van der Waals surface area contributed by atoms with Crippen molar-refractivity contribution in [2.24, 2.45) is 0 Å². The fourth-order valence-corrected chi connectivity index (χ4v) is 1.35. The summed E-state index contributed by atoms with van der Waals surface area (Å²) in [5.41, 5.74) is 0.810. The Morgan fingerprint density at radius 2 is 2.00 bits per heavy atom. The molecule has 0 aliphatic rings. The van der Waals surface area contributed by atoms with Crippen LogP contribution >= 0.6 is 23.2 Å². The Balaban J connectivity index is 2.87. The van der Waals surface area contributed by atoms with Crippen LogP contribution in [0.25, 0.3) is 11.0 Å². The average Bonchev–Trinajstić information content (AvgIpc) is 2.12. The molecule has 0 bridgehead atoms. The van der Waals surface area contributed by atoms with Crippen LogP contribution < -0.4 is 0 Å². The number of fused-ring (bicyclic) bond motifs is 1. The number of hydrogen-bond acceptors (Lipinski definition) is 2. The highest BCUT2D eigenvalue weighted by atomic mass is 35.5. The largest absolute Gasteiger partial charge is 0.250 e. The summed E-state index contributed by atoms with van der Waals surface area (Å²) < 4.78 is 12.9. The summed E-state index contributed by atoms with van der Waals surface area (Å²) in [5.74, 6) is -0.509. The number of benzene rings is 1. The molecule has 0 radical (unpaired) electrons. The number of nitrogens with zero attached hydrogens (tertiary/aromatic N) is 2. The molecular formula is C8H3Cl2FN2. The third-order valence-electron chi connectivity index (χ3n) is 1.58. The van der Waals surface area contributed by atoms with Gasteiger partial charge in [-0.2, -0.15) is 0 Å². The van der Waals surface area contributed by atoms with Gasteiger partial charge in [-0.1, -0.05) is 23.2 Å². The molecule has 0 fully saturated rings. The van der Waals surface area contributed by atoms with Crippen molar-refractivity contribution < 1.29 is 4.39 Å². The molecule has 0 N–H and O–H groups in total. The van der Waals surface area contributed by atoms with Gasteiger partial charge in [-0.3, -0.25) is 0 Å². The second kappa shape index (κ2) is 3.09. The van der Waals surface area contributed by atoms with E-state index in [-0.39, 0.29) is 10.2 Å². The third-order valence-corrected chi connectivity index (χ3v) is 2.12. The maximum Gasteiger partial charge on any atom is 0.148 e. The zero-order chi connectivity index (χ0) is 9.42. The third kappa shape index (κ3) is 1.45. The van der Waals surface area contributed by atoms with Gasteiger partial charge in [0.05, 0.1) is 11.7 Å². The van der Waals surface area contributed by atoms with Crippen LogP contribution in [0.2, 0.25) is 10.2 Å². The Kier molecular flexibility index (Phi) is 2.06. The summed E-state index contributed by atoms with van der Waals surface area (Å²) in [5, 5.41) is 0.233. The fourth-order valence-electron chi connectivity index (χ4n) is 1.00. The Morgan fingerprint density at radius 1 is 1.23 bits per heavy atom. The minimum atomic E-state index is -0.509. The van der Waals surface area contributed by atoms with Crippen molar-refractivity contribution in [2.45, 2.75) is 0 Å². The summed E-state index contributed by atoms with van der Waals surface area (Å²) in [4.78, 5) is 7.80. The van der Waals surface area contributed by atoms with Crippen LogP contribution in [0.5, 0.6) is 0 Å². The van der Waals surface area contributed by atoms with Gasteiger partial charge in [-0.05, 0) is 12.1 Å². The maximum absolute atomic E-state index is 12.9. The topological polar surface area (TPSA) is 25.8 Å². The van der Waals surface area contributed by atoms with Crippen LogP contribution in [0.3, 0.4) is 0 Å². The van der Waals surface area contributed by atoms with Crippen molar-refractivity contribution in [2.75, 3.05) is 0 Å². The van der Waals surface area contributed by atoms with E-state index in [1.54, 1.807) is 0 Å². The molecule has 13 heavy (non-hydrogen) atoms. The van der Waals surface area contributed by atoms with E-state index in [1.165, 1.54) is 18.3 Å². The molecule has 0 saturated heterocycles. The normalized spacial score (nSPS) is 10.7. The molecule has 2 nitrogen and oxygen atoms in total. The highest BCUT2D eigenvalue weighted by molar-refractivity contribution is 6.35. The molecule has 0 aliphatic carbocycles. The van der Waals surface area contributed by atoms with E-state index in [4.69, 9.17) is 23.2 Å². The summed E-state index contributed by atoms with van der Waals surface area (Å²) in [6, 6.07) is 2.71. The van der Waals surface area contributed by atoms with E-state index < -0.39 is 5.82 Å². The molecule has 5 heteroatoms. The second-order valence-electron chi connectivity index (χ2n) is 2.42. The van der Waals surface area contributed by atoms with Crippen molar-refractivity contribution in [3.8, 4) is 0 Å². The van der Waals surface area contributed by atoms with E-state index in [9.17, 15) is 4.39 Å². The summed E-state index contributed by atoms with van der Waals surface area (Å²) in [6.45, 7) is 0. The first kappa shape index (κ1) is 8.66. The van der Waals surface area contributed by atoms with Gasteiger partial charge in [0, 0.05) is 0 Å². The zero-order valence-corrected chi connectivity index (χ0v) is 7.77. The highest BCUT2D eigenvalue weighted by Gasteiger charge is 2.07. The van der Waals surface area contributed by atoms with E-state index in [0.29, 0.717) is 11.0 Å². The number of aromatic nitrogens is 2. The Labute approximate surface area is 83.3 Å². The minimum Gasteiger partial charge on any atom is -0.250 e. The van der Waals surface area contributed by atoms with Crippen molar-refractivity contribution in [3.05, 3.63) is 34.3 Å². The van der Waals surface area contributed by atoms with Crippen LogP contribution in [0.1, 0.15) is 0 Å². The number of hydrogen-bond donors (Lipinski definition) is 0. The van der Waals surface area contributed by atoms with Gasteiger partial charge in [0.2, 0.25) is 0 Å². The Bertz CT molecular complexity index is 473. The van der Waals surface area contributed by atoms with E-state index >= 15 is 0 Å². The second-order valence-corrected chi connectivity index (χ2v) is 3.19. The standard InChI is InChI=1S/C8H3Cl2FN2/c9-6-3-12-8-5(13-6)2-1-4(11)7(8)10/h1-3H. The van der Waals surface area contributed by atoms with Gasteiger partial charge in [0.25, 0.3) is 0 Å². The molecule has 0 unspecified atom stereocenters. The highest BCUT2D eigenvalue weighted by Crippen LogP contribution is 2.23. The van der Waals surface area contributed by atoms with Gasteiger partial charge in [0.15, 0.2) is 0 Å². The van der Waals surface area contributed by atoms with E-state index in [1.807, 2.05) is 0 Å². The molecule has 66 valence electrons. The Hall–Kier alpha value is -0.930. The molecule has 0 saturated carbocycles. The van der Waals surface area contributed by atoms with Crippen LogP contribution in [0.4, 0.5) is 4.39 Å². The first-order valence-corrected chi connectivity index (χ1v) is 4.20. The molecule has 2 aromatic rings. The zero-order valence-electron chi connectivity index (χ0n) is 6.26.